The van der Waals surface area contributed by atoms with Crippen LogP contribution in [0.25, 0.3) is 10.9 Å². The van der Waals surface area contributed by atoms with Gasteiger partial charge >= 0.3 is 6.03 Å². The molecule has 29 heavy (non-hydrogen) atoms. The first-order valence-corrected chi connectivity index (χ1v) is 9.90. The van der Waals surface area contributed by atoms with Crippen molar-refractivity contribution in [1.29, 1.82) is 0 Å². The SMILES string of the molecule is NC(=O)N(O)CC1(c2ccc(OCc3ccc4ccccc4n3)cc2)CCCC1. The molecule has 1 heterocycles. The van der Waals surface area contributed by atoms with Crippen LogP contribution in [0.5, 0.6) is 5.75 Å². The molecule has 3 N–H and O–H groups in total. The molecule has 2 aromatic carbocycles. The van der Waals surface area contributed by atoms with Crippen LogP contribution in [0.2, 0.25) is 0 Å². The number of hydroxylamine groups is 2. The normalized spacial score (nSPS) is 15.3. The van der Waals surface area contributed by atoms with Gasteiger partial charge in [0.2, 0.25) is 0 Å². The molecule has 1 aliphatic carbocycles. The third kappa shape index (κ3) is 4.17. The number of fused-ring (bicyclic) bond motifs is 1. The number of amides is 2. The van der Waals surface area contributed by atoms with E-state index in [1.54, 1.807) is 0 Å². The third-order valence-corrected chi connectivity index (χ3v) is 5.78. The van der Waals surface area contributed by atoms with Crippen molar-refractivity contribution < 1.29 is 14.7 Å². The molecule has 3 aromatic rings. The van der Waals surface area contributed by atoms with Gasteiger partial charge in [-0.1, -0.05) is 49.2 Å². The predicted octanol–water partition coefficient (Wildman–Crippen LogP) is 4.40. The second kappa shape index (κ2) is 8.09. The van der Waals surface area contributed by atoms with Gasteiger partial charge in [-0.15, -0.1) is 0 Å². The summed E-state index contributed by atoms with van der Waals surface area (Å²) in [5, 5.41) is 11.6. The average molecular weight is 391 g/mol. The van der Waals surface area contributed by atoms with Gasteiger partial charge in [-0.3, -0.25) is 5.21 Å². The first-order valence-electron chi connectivity index (χ1n) is 9.90. The van der Waals surface area contributed by atoms with Crippen molar-refractivity contribution in [2.75, 3.05) is 6.54 Å². The molecule has 1 fully saturated rings. The highest BCUT2D eigenvalue weighted by atomic mass is 16.5. The fraction of sp³-hybridized carbons (Fsp3) is 0.304. The summed E-state index contributed by atoms with van der Waals surface area (Å²) in [5.41, 5.74) is 7.87. The number of primary amides is 1. The van der Waals surface area contributed by atoms with Crippen LogP contribution in [0, 0.1) is 0 Å². The van der Waals surface area contributed by atoms with E-state index in [0.29, 0.717) is 11.7 Å². The van der Waals surface area contributed by atoms with Crippen LogP contribution in [0.3, 0.4) is 0 Å². The lowest BCUT2D eigenvalue weighted by molar-refractivity contribution is -0.0554. The number of ether oxygens (including phenoxy) is 1. The molecule has 1 saturated carbocycles. The van der Waals surface area contributed by atoms with Crippen molar-refractivity contribution in [1.82, 2.24) is 10.0 Å². The predicted molar refractivity (Wildman–Crippen MR) is 111 cm³/mol. The number of pyridine rings is 1. The summed E-state index contributed by atoms with van der Waals surface area (Å²) >= 11 is 0. The molecule has 0 radical (unpaired) electrons. The molecule has 0 atom stereocenters. The number of urea groups is 1. The maximum absolute atomic E-state index is 11.3. The highest BCUT2D eigenvalue weighted by molar-refractivity contribution is 5.78. The molecule has 2 amide bonds. The monoisotopic (exact) mass is 391 g/mol. The topological polar surface area (TPSA) is 88.7 Å². The van der Waals surface area contributed by atoms with Crippen molar-refractivity contribution >= 4 is 16.9 Å². The number of nitrogens with zero attached hydrogens (tertiary/aromatic N) is 2. The van der Waals surface area contributed by atoms with Gasteiger partial charge in [0.05, 0.1) is 17.8 Å². The fourth-order valence-electron chi connectivity index (χ4n) is 4.21. The first-order chi connectivity index (χ1) is 14.1. The summed E-state index contributed by atoms with van der Waals surface area (Å²) in [5.74, 6) is 0.757. The van der Waals surface area contributed by atoms with E-state index in [4.69, 9.17) is 10.5 Å². The second-order valence-corrected chi connectivity index (χ2v) is 7.69. The number of hydrogen-bond acceptors (Lipinski definition) is 4. The standard InChI is InChI=1S/C23H25N3O3/c24-22(27)26(28)16-23(13-3-4-14-23)18-8-11-20(12-9-18)29-15-19-10-7-17-5-1-2-6-21(17)25-19/h1-2,5-12,28H,3-4,13-16H2,(H2,24,27). The number of nitrogens with two attached hydrogens (primary N) is 1. The molecule has 1 aliphatic rings. The van der Waals surface area contributed by atoms with Gasteiger partial charge in [0.15, 0.2) is 0 Å². The minimum Gasteiger partial charge on any atom is -0.487 e. The van der Waals surface area contributed by atoms with Crippen molar-refractivity contribution in [2.24, 2.45) is 5.73 Å². The Morgan fingerprint density at radius 3 is 2.52 bits per heavy atom. The Bertz CT molecular complexity index is 998. The molecule has 6 nitrogen and oxygen atoms in total. The molecule has 1 aromatic heterocycles. The first kappa shape index (κ1) is 19.2. The number of hydrogen-bond donors (Lipinski definition) is 2. The van der Waals surface area contributed by atoms with Gasteiger partial charge in [0, 0.05) is 10.8 Å². The molecule has 150 valence electrons. The zero-order valence-corrected chi connectivity index (χ0v) is 16.3. The highest BCUT2D eigenvalue weighted by Gasteiger charge is 2.38. The van der Waals surface area contributed by atoms with Crippen LogP contribution in [-0.4, -0.2) is 27.8 Å². The van der Waals surface area contributed by atoms with Gasteiger partial charge in [-0.2, -0.15) is 0 Å². The minimum atomic E-state index is -0.820. The van der Waals surface area contributed by atoms with Crippen molar-refractivity contribution in [2.45, 2.75) is 37.7 Å². The summed E-state index contributed by atoms with van der Waals surface area (Å²) in [4.78, 5) is 15.9. The number of para-hydroxylation sites is 1. The summed E-state index contributed by atoms with van der Waals surface area (Å²) in [7, 11) is 0. The van der Waals surface area contributed by atoms with Gasteiger partial charge in [0.1, 0.15) is 12.4 Å². The van der Waals surface area contributed by atoms with Crippen molar-refractivity contribution in [3.05, 3.63) is 71.9 Å². The quantitative estimate of drug-likeness (QED) is 0.482. The van der Waals surface area contributed by atoms with Crippen LogP contribution < -0.4 is 10.5 Å². The lowest BCUT2D eigenvalue weighted by Crippen LogP contribution is -2.43. The Balaban J connectivity index is 1.45. The van der Waals surface area contributed by atoms with E-state index < -0.39 is 6.03 Å². The fourth-order valence-corrected chi connectivity index (χ4v) is 4.21. The maximum Gasteiger partial charge on any atom is 0.338 e. The summed E-state index contributed by atoms with van der Waals surface area (Å²) in [6.45, 7) is 0.602. The van der Waals surface area contributed by atoms with Crippen LogP contribution in [-0.2, 0) is 12.0 Å². The molecular weight excluding hydrogens is 366 g/mol. The zero-order chi connectivity index (χ0) is 20.3. The highest BCUT2D eigenvalue weighted by Crippen LogP contribution is 2.42. The molecule has 0 bridgehead atoms. The van der Waals surface area contributed by atoms with E-state index in [9.17, 15) is 10.0 Å². The van der Waals surface area contributed by atoms with Crippen LogP contribution in [0.15, 0.2) is 60.7 Å². The molecule has 0 unspecified atom stereocenters. The maximum atomic E-state index is 11.3. The molecular formula is C23H25N3O3. The van der Waals surface area contributed by atoms with Gasteiger partial charge in [-0.05, 0) is 42.7 Å². The number of carbonyl (C=O) groups excluding carboxylic acids is 1. The van der Waals surface area contributed by atoms with E-state index in [-0.39, 0.29) is 12.0 Å². The summed E-state index contributed by atoms with van der Waals surface area (Å²) in [6.07, 6.45) is 3.97. The van der Waals surface area contributed by atoms with E-state index in [1.807, 2.05) is 60.7 Å². The van der Waals surface area contributed by atoms with E-state index in [1.165, 1.54) is 0 Å². The number of rotatable bonds is 6. The van der Waals surface area contributed by atoms with Gasteiger partial charge in [-0.25, -0.2) is 14.8 Å². The Labute approximate surface area is 169 Å². The van der Waals surface area contributed by atoms with Crippen LogP contribution >= 0.6 is 0 Å². The zero-order valence-electron chi connectivity index (χ0n) is 16.3. The Morgan fingerprint density at radius 1 is 1.07 bits per heavy atom. The van der Waals surface area contributed by atoms with Gasteiger partial charge < -0.3 is 10.5 Å². The Morgan fingerprint density at radius 2 is 1.79 bits per heavy atom. The van der Waals surface area contributed by atoms with E-state index in [0.717, 1.165) is 53.6 Å². The largest absolute Gasteiger partial charge is 0.487 e. The molecule has 0 spiro atoms. The Hall–Kier alpha value is -3.12. The van der Waals surface area contributed by atoms with Crippen molar-refractivity contribution in [3.8, 4) is 5.75 Å². The van der Waals surface area contributed by atoms with Crippen LogP contribution in [0.1, 0.15) is 36.9 Å². The molecule has 0 aliphatic heterocycles. The smallest absolute Gasteiger partial charge is 0.338 e. The molecule has 4 rings (SSSR count). The molecule has 6 heteroatoms. The minimum absolute atomic E-state index is 0.212. The summed E-state index contributed by atoms with van der Waals surface area (Å²) in [6, 6.07) is 19.1. The number of benzene rings is 2. The van der Waals surface area contributed by atoms with Crippen LogP contribution in [0.4, 0.5) is 4.79 Å². The molecule has 0 saturated heterocycles. The number of carbonyl (C=O) groups is 1. The second-order valence-electron chi connectivity index (χ2n) is 7.69. The number of aromatic nitrogens is 1. The summed E-state index contributed by atoms with van der Waals surface area (Å²) < 4.78 is 5.91. The van der Waals surface area contributed by atoms with Crippen molar-refractivity contribution in [3.63, 3.8) is 0 Å². The van der Waals surface area contributed by atoms with E-state index in [2.05, 4.69) is 4.98 Å². The third-order valence-electron chi connectivity index (χ3n) is 5.78. The average Bonchev–Trinajstić information content (AvgIpc) is 3.22. The lowest BCUT2D eigenvalue weighted by Gasteiger charge is -2.32. The van der Waals surface area contributed by atoms with E-state index >= 15 is 0 Å². The van der Waals surface area contributed by atoms with Gasteiger partial charge in [0.25, 0.3) is 0 Å². The Kier molecular flexibility index (Phi) is 5.36. The lowest BCUT2D eigenvalue weighted by atomic mass is 9.78.